The summed E-state index contributed by atoms with van der Waals surface area (Å²) in [6, 6.07) is 5.32. The number of amides is 1. The highest BCUT2D eigenvalue weighted by Gasteiger charge is 2.16. The fraction of sp³-hybridized carbons (Fsp3) is 0.333. The van der Waals surface area contributed by atoms with Crippen molar-refractivity contribution in [1.29, 1.82) is 0 Å². The Morgan fingerprint density at radius 1 is 1.18 bits per heavy atom. The van der Waals surface area contributed by atoms with E-state index in [0.717, 1.165) is 10.9 Å². The van der Waals surface area contributed by atoms with Gasteiger partial charge < -0.3 is 24.5 Å². The fourth-order valence-electron chi connectivity index (χ4n) is 2.26. The molecule has 7 nitrogen and oxygen atoms in total. The second-order valence-corrected chi connectivity index (χ2v) is 4.75. The molecule has 1 heterocycles. The van der Waals surface area contributed by atoms with Crippen molar-refractivity contribution >= 4 is 22.8 Å². The summed E-state index contributed by atoms with van der Waals surface area (Å²) in [5.41, 5.74) is 1.26. The molecule has 0 spiro atoms. The number of aromatic nitrogens is 1. The molecular formula is C15H18N2O5. The summed E-state index contributed by atoms with van der Waals surface area (Å²) in [4.78, 5) is 22.6. The number of nitrogens with one attached hydrogen (secondary N) is 1. The predicted molar refractivity (Wildman–Crippen MR) is 80.6 cm³/mol. The standard InChI is InChI=1S/C15H18N2O5/c1-17-10-8-13(22-3)12(21-2)7-9(10)6-11(17)15(20)16-5-4-14(18)19/h6-8H,4-5H2,1-3H3,(H,16,20)(H,18,19). The van der Waals surface area contributed by atoms with Crippen LogP contribution in [0.3, 0.4) is 0 Å². The number of benzene rings is 1. The molecule has 0 saturated carbocycles. The molecule has 7 heteroatoms. The van der Waals surface area contributed by atoms with Crippen molar-refractivity contribution in [3.05, 3.63) is 23.9 Å². The molecule has 22 heavy (non-hydrogen) atoms. The Labute approximate surface area is 127 Å². The van der Waals surface area contributed by atoms with Gasteiger partial charge in [0.1, 0.15) is 5.69 Å². The third-order valence-corrected chi connectivity index (χ3v) is 3.40. The van der Waals surface area contributed by atoms with Gasteiger partial charge in [0.05, 0.1) is 26.2 Å². The Bertz CT molecular complexity index is 720. The van der Waals surface area contributed by atoms with E-state index in [9.17, 15) is 9.59 Å². The molecule has 1 aromatic carbocycles. The first-order valence-corrected chi connectivity index (χ1v) is 6.69. The summed E-state index contributed by atoms with van der Waals surface area (Å²) in [5.74, 6) is -0.114. The Hall–Kier alpha value is -2.70. The number of carbonyl (C=O) groups is 2. The number of methoxy groups -OCH3 is 2. The van der Waals surface area contributed by atoms with Crippen LogP contribution in [0.1, 0.15) is 16.9 Å². The monoisotopic (exact) mass is 306 g/mol. The molecule has 0 aliphatic rings. The van der Waals surface area contributed by atoms with E-state index in [-0.39, 0.29) is 18.9 Å². The Kier molecular flexibility index (Phi) is 4.55. The van der Waals surface area contributed by atoms with Gasteiger partial charge >= 0.3 is 5.97 Å². The number of ether oxygens (including phenoxy) is 2. The number of carbonyl (C=O) groups excluding carboxylic acids is 1. The van der Waals surface area contributed by atoms with Crippen molar-refractivity contribution in [2.24, 2.45) is 7.05 Å². The van der Waals surface area contributed by atoms with Crippen LogP contribution in [0.15, 0.2) is 18.2 Å². The highest BCUT2D eigenvalue weighted by molar-refractivity contribution is 5.99. The van der Waals surface area contributed by atoms with Crippen LogP contribution in [0.25, 0.3) is 10.9 Å². The van der Waals surface area contributed by atoms with Crippen LogP contribution in [0.5, 0.6) is 11.5 Å². The lowest BCUT2D eigenvalue weighted by atomic mass is 10.2. The molecule has 2 N–H and O–H groups in total. The molecule has 1 aromatic heterocycles. The van der Waals surface area contributed by atoms with E-state index >= 15 is 0 Å². The zero-order valence-corrected chi connectivity index (χ0v) is 12.7. The number of nitrogens with zero attached hydrogens (tertiary/aromatic N) is 1. The first-order chi connectivity index (χ1) is 10.5. The minimum atomic E-state index is -0.952. The van der Waals surface area contributed by atoms with Crippen LogP contribution in [-0.4, -0.2) is 42.3 Å². The van der Waals surface area contributed by atoms with E-state index in [4.69, 9.17) is 14.6 Å². The fourth-order valence-corrected chi connectivity index (χ4v) is 2.26. The second kappa shape index (κ2) is 6.38. The van der Waals surface area contributed by atoms with E-state index in [0.29, 0.717) is 17.2 Å². The van der Waals surface area contributed by atoms with Crippen molar-refractivity contribution in [2.45, 2.75) is 6.42 Å². The van der Waals surface area contributed by atoms with Gasteiger partial charge in [-0.05, 0) is 12.1 Å². The molecule has 0 unspecified atom stereocenters. The van der Waals surface area contributed by atoms with Crippen molar-refractivity contribution in [3.8, 4) is 11.5 Å². The van der Waals surface area contributed by atoms with E-state index < -0.39 is 5.97 Å². The predicted octanol–water partition coefficient (Wildman–Crippen LogP) is 1.40. The van der Waals surface area contributed by atoms with E-state index in [1.807, 2.05) is 0 Å². The molecular weight excluding hydrogens is 288 g/mol. The van der Waals surface area contributed by atoms with Crippen LogP contribution < -0.4 is 14.8 Å². The van der Waals surface area contributed by atoms with E-state index in [1.165, 1.54) is 0 Å². The molecule has 0 saturated heterocycles. The average Bonchev–Trinajstić information content (AvgIpc) is 2.81. The lowest BCUT2D eigenvalue weighted by Crippen LogP contribution is -2.27. The van der Waals surface area contributed by atoms with Crippen molar-refractivity contribution in [1.82, 2.24) is 9.88 Å². The minimum absolute atomic E-state index is 0.0856. The van der Waals surface area contributed by atoms with Gasteiger partial charge in [-0.3, -0.25) is 9.59 Å². The average molecular weight is 306 g/mol. The van der Waals surface area contributed by atoms with Crippen LogP contribution in [-0.2, 0) is 11.8 Å². The normalized spacial score (nSPS) is 10.5. The molecule has 2 aromatic rings. The third kappa shape index (κ3) is 2.98. The molecule has 0 aliphatic heterocycles. The van der Waals surface area contributed by atoms with Gasteiger partial charge in [0.25, 0.3) is 5.91 Å². The van der Waals surface area contributed by atoms with Gasteiger partial charge in [0, 0.05) is 25.0 Å². The lowest BCUT2D eigenvalue weighted by Gasteiger charge is -2.08. The summed E-state index contributed by atoms with van der Waals surface area (Å²) >= 11 is 0. The van der Waals surface area contributed by atoms with Gasteiger partial charge in [-0.25, -0.2) is 0 Å². The Morgan fingerprint density at radius 2 is 1.82 bits per heavy atom. The van der Waals surface area contributed by atoms with Gasteiger partial charge in [-0.15, -0.1) is 0 Å². The zero-order valence-electron chi connectivity index (χ0n) is 12.7. The van der Waals surface area contributed by atoms with E-state index in [1.54, 1.807) is 44.0 Å². The third-order valence-electron chi connectivity index (χ3n) is 3.40. The smallest absolute Gasteiger partial charge is 0.305 e. The SMILES string of the molecule is COc1cc2cc(C(=O)NCCC(=O)O)n(C)c2cc1OC. The molecule has 1 amide bonds. The first-order valence-electron chi connectivity index (χ1n) is 6.69. The molecule has 0 aliphatic carbocycles. The number of aryl methyl sites for hydroxylation is 1. The maximum absolute atomic E-state index is 12.1. The number of hydrogen-bond donors (Lipinski definition) is 2. The minimum Gasteiger partial charge on any atom is -0.493 e. The van der Waals surface area contributed by atoms with Gasteiger partial charge in [-0.1, -0.05) is 0 Å². The van der Waals surface area contributed by atoms with Gasteiger partial charge in [0.15, 0.2) is 11.5 Å². The summed E-state index contributed by atoms with van der Waals surface area (Å²) in [5, 5.41) is 12.0. The molecule has 0 fully saturated rings. The molecule has 2 rings (SSSR count). The number of carboxylic acids is 1. The van der Waals surface area contributed by atoms with Gasteiger partial charge in [-0.2, -0.15) is 0 Å². The summed E-state index contributed by atoms with van der Waals surface area (Å²) in [6.07, 6.45) is -0.114. The highest BCUT2D eigenvalue weighted by atomic mass is 16.5. The van der Waals surface area contributed by atoms with Gasteiger partial charge in [0.2, 0.25) is 0 Å². The van der Waals surface area contributed by atoms with E-state index in [2.05, 4.69) is 5.32 Å². The number of fused-ring (bicyclic) bond motifs is 1. The molecule has 0 atom stereocenters. The molecule has 0 bridgehead atoms. The highest BCUT2D eigenvalue weighted by Crippen LogP contribution is 2.33. The Balaban J connectivity index is 2.33. The molecule has 118 valence electrons. The summed E-state index contributed by atoms with van der Waals surface area (Å²) < 4.78 is 12.2. The van der Waals surface area contributed by atoms with Crippen molar-refractivity contribution in [3.63, 3.8) is 0 Å². The number of carboxylic acid groups (broad SMARTS) is 1. The summed E-state index contributed by atoms with van der Waals surface area (Å²) in [6.45, 7) is 0.0856. The van der Waals surface area contributed by atoms with Crippen LogP contribution in [0, 0.1) is 0 Å². The maximum atomic E-state index is 12.1. The number of hydrogen-bond acceptors (Lipinski definition) is 4. The van der Waals surface area contributed by atoms with Crippen LogP contribution in [0.2, 0.25) is 0 Å². The lowest BCUT2D eigenvalue weighted by molar-refractivity contribution is -0.136. The maximum Gasteiger partial charge on any atom is 0.305 e. The first kappa shape index (κ1) is 15.7. The number of rotatable bonds is 6. The Morgan fingerprint density at radius 3 is 2.41 bits per heavy atom. The summed E-state index contributed by atoms with van der Waals surface area (Å²) in [7, 11) is 4.86. The number of aliphatic carboxylic acids is 1. The van der Waals surface area contributed by atoms with Crippen molar-refractivity contribution < 1.29 is 24.2 Å². The second-order valence-electron chi connectivity index (χ2n) is 4.75. The van der Waals surface area contributed by atoms with Crippen LogP contribution in [0.4, 0.5) is 0 Å². The molecule has 0 radical (unpaired) electrons. The zero-order chi connectivity index (χ0) is 16.3. The van der Waals surface area contributed by atoms with Crippen molar-refractivity contribution in [2.75, 3.05) is 20.8 Å². The quantitative estimate of drug-likeness (QED) is 0.842. The topological polar surface area (TPSA) is 89.8 Å². The van der Waals surface area contributed by atoms with Crippen LogP contribution >= 0.6 is 0 Å². The largest absolute Gasteiger partial charge is 0.493 e.